The molecule has 5 rings (SSSR count). The molecule has 0 spiro atoms. The minimum Gasteiger partial charge on any atom is -0.457 e. The maximum atomic E-state index is 12.9. The number of aromatic nitrogens is 2. The Balaban J connectivity index is 1.24. The van der Waals surface area contributed by atoms with Crippen LogP contribution < -0.4 is 15.6 Å². The minimum absolute atomic E-state index is 0.0395. The number of carbonyl (C=O) groups is 1. The molecule has 2 aliphatic rings. The number of nitrogens with zero attached hydrogens (tertiary/aromatic N) is 2. The molecule has 30 heavy (non-hydrogen) atoms. The molecule has 1 aliphatic heterocycles. The molecule has 1 atom stereocenters. The second kappa shape index (κ2) is 7.99. The lowest BCUT2D eigenvalue weighted by atomic mass is 10.2. The van der Waals surface area contributed by atoms with E-state index in [1.807, 2.05) is 54.6 Å². The molecule has 1 aliphatic carbocycles. The zero-order valence-corrected chi connectivity index (χ0v) is 17.2. The monoisotopic (exact) mass is 419 g/mol. The lowest BCUT2D eigenvalue weighted by Crippen LogP contribution is -2.30. The maximum Gasteiger partial charge on any atom is 0.257 e. The largest absolute Gasteiger partial charge is 0.457 e. The fraction of sp³-hybridized carbons (Fsp3) is 0.261. The lowest BCUT2D eigenvalue weighted by Gasteiger charge is -2.14. The van der Waals surface area contributed by atoms with Crippen molar-refractivity contribution < 1.29 is 9.53 Å². The molecule has 0 saturated heterocycles. The highest BCUT2D eigenvalue weighted by Crippen LogP contribution is 2.34. The van der Waals surface area contributed by atoms with E-state index in [9.17, 15) is 9.59 Å². The number of hydrogen-bond acceptors (Lipinski definition) is 5. The summed E-state index contributed by atoms with van der Waals surface area (Å²) >= 11 is 1.56. The number of aryl methyl sites for hydroxylation is 1. The van der Waals surface area contributed by atoms with Crippen LogP contribution in [0.5, 0.6) is 11.5 Å². The first-order valence-corrected chi connectivity index (χ1v) is 11.1. The standard InChI is InChI=1S/C23H21N3O3S/c27-21(24-15-9-11-18(12-10-15)29-17-5-2-1-3-6-17)13-16-14-30-23-25-20-8-4-7-19(20)22(28)26(16)23/h1-3,5-6,9-12,16H,4,7-8,13-14H2,(H,24,27)/t16-/m1/s1. The van der Waals surface area contributed by atoms with Crippen LogP contribution >= 0.6 is 11.8 Å². The van der Waals surface area contributed by atoms with Gasteiger partial charge in [-0.1, -0.05) is 30.0 Å². The van der Waals surface area contributed by atoms with E-state index in [4.69, 9.17) is 4.74 Å². The Kier molecular flexibility index (Phi) is 5.04. The van der Waals surface area contributed by atoms with Crippen LogP contribution in [0.15, 0.2) is 64.5 Å². The van der Waals surface area contributed by atoms with Gasteiger partial charge < -0.3 is 10.1 Å². The number of anilines is 1. The Labute approximate surface area is 178 Å². The van der Waals surface area contributed by atoms with Crippen molar-refractivity contribution in [3.63, 3.8) is 0 Å². The molecule has 3 aromatic rings. The number of amides is 1. The normalized spacial score (nSPS) is 16.7. The van der Waals surface area contributed by atoms with Gasteiger partial charge in [0.1, 0.15) is 11.5 Å². The Morgan fingerprint density at radius 3 is 2.67 bits per heavy atom. The molecule has 0 saturated carbocycles. The first-order valence-electron chi connectivity index (χ1n) is 10.1. The first kappa shape index (κ1) is 18.9. The van der Waals surface area contributed by atoms with Crippen molar-refractivity contribution in [3.8, 4) is 11.5 Å². The van der Waals surface area contributed by atoms with Crippen LogP contribution in [0.2, 0.25) is 0 Å². The van der Waals surface area contributed by atoms with Gasteiger partial charge in [0.05, 0.1) is 11.7 Å². The van der Waals surface area contributed by atoms with Crippen LogP contribution in [0.3, 0.4) is 0 Å². The Morgan fingerprint density at radius 1 is 1.10 bits per heavy atom. The lowest BCUT2D eigenvalue weighted by molar-refractivity contribution is -0.116. The zero-order chi connectivity index (χ0) is 20.5. The number of nitrogens with one attached hydrogen (secondary N) is 1. The molecule has 0 bridgehead atoms. The molecule has 0 radical (unpaired) electrons. The van der Waals surface area contributed by atoms with E-state index in [1.165, 1.54) is 0 Å². The van der Waals surface area contributed by atoms with Crippen LogP contribution in [0.4, 0.5) is 5.69 Å². The van der Waals surface area contributed by atoms with Crippen molar-refractivity contribution in [3.05, 3.63) is 76.2 Å². The molecule has 2 aromatic carbocycles. The molecule has 2 heterocycles. The number of fused-ring (bicyclic) bond motifs is 2. The number of para-hydroxylation sites is 1. The third kappa shape index (κ3) is 3.73. The molecule has 6 nitrogen and oxygen atoms in total. The average Bonchev–Trinajstić information content (AvgIpc) is 3.38. The third-order valence-electron chi connectivity index (χ3n) is 5.41. The molecule has 1 aromatic heterocycles. The molecular weight excluding hydrogens is 398 g/mol. The fourth-order valence-electron chi connectivity index (χ4n) is 3.96. The number of ether oxygens (including phenoxy) is 1. The summed E-state index contributed by atoms with van der Waals surface area (Å²) in [5.74, 6) is 2.05. The topological polar surface area (TPSA) is 73.2 Å². The van der Waals surface area contributed by atoms with E-state index in [-0.39, 0.29) is 23.9 Å². The highest BCUT2D eigenvalue weighted by Gasteiger charge is 2.31. The second-order valence-electron chi connectivity index (χ2n) is 7.50. The highest BCUT2D eigenvalue weighted by molar-refractivity contribution is 7.99. The quantitative estimate of drug-likeness (QED) is 0.628. The van der Waals surface area contributed by atoms with Crippen molar-refractivity contribution in [2.45, 2.75) is 36.9 Å². The molecule has 1 amide bonds. The third-order valence-corrected chi connectivity index (χ3v) is 6.51. The van der Waals surface area contributed by atoms with E-state index in [0.29, 0.717) is 17.2 Å². The first-order chi connectivity index (χ1) is 14.7. The Morgan fingerprint density at radius 2 is 1.87 bits per heavy atom. The number of benzene rings is 2. The van der Waals surface area contributed by atoms with Crippen molar-refractivity contribution in [2.75, 3.05) is 11.1 Å². The predicted octanol–water partition coefficient (Wildman–Crippen LogP) is 4.20. The van der Waals surface area contributed by atoms with Crippen molar-refractivity contribution in [2.24, 2.45) is 0 Å². The summed E-state index contributed by atoms with van der Waals surface area (Å²) in [7, 11) is 0. The molecule has 0 unspecified atom stereocenters. The van der Waals surface area contributed by atoms with Crippen LogP contribution in [-0.4, -0.2) is 21.2 Å². The summed E-state index contributed by atoms with van der Waals surface area (Å²) in [6, 6.07) is 16.7. The summed E-state index contributed by atoms with van der Waals surface area (Å²) in [5.41, 5.74) is 2.52. The zero-order valence-electron chi connectivity index (χ0n) is 16.3. The van der Waals surface area contributed by atoms with Gasteiger partial charge in [0.2, 0.25) is 5.91 Å². The van der Waals surface area contributed by atoms with Crippen LogP contribution in [0, 0.1) is 0 Å². The number of rotatable bonds is 5. The van der Waals surface area contributed by atoms with E-state index in [1.54, 1.807) is 16.3 Å². The van der Waals surface area contributed by atoms with Gasteiger partial charge in [-0.3, -0.25) is 14.2 Å². The summed E-state index contributed by atoms with van der Waals surface area (Å²) in [4.78, 5) is 30.1. The van der Waals surface area contributed by atoms with Gasteiger partial charge in [-0.05, 0) is 55.7 Å². The highest BCUT2D eigenvalue weighted by atomic mass is 32.2. The molecule has 0 fully saturated rings. The molecule has 7 heteroatoms. The van der Waals surface area contributed by atoms with Gasteiger partial charge in [0, 0.05) is 23.4 Å². The number of carbonyl (C=O) groups excluding carboxylic acids is 1. The van der Waals surface area contributed by atoms with Gasteiger partial charge in [0.15, 0.2) is 5.16 Å². The van der Waals surface area contributed by atoms with E-state index in [2.05, 4.69) is 10.3 Å². The van der Waals surface area contributed by atoms with Gasteiger partial charge in [-0.2, -0.15) is 0 Å². The summed E-state index contributed by atoms with van der Waals surface area (Å²) in [6.07, 6.45) is 2.92. The van der Waals surface area contributed by atoms with E-state index >= 15 is 0 Å². The second-order valence-corrected chi connectivity index (χ2v) is 8.49. The number of thioether (sulfide) groups is 1. The maximum absolute atomic E-state index is 12.9. The fourth-order valence-corrected chi connectivity index (χ4v) is 5.11. The number of hydrogen-bond donors (Lipinski definition) is 1. The van der Waals surface area contributed by atoms with Crippen LogP contribution in [0.25, 0.3) is 0 Å². The molecular formula is C23H21N3O3S. The summed E-state index contributed by atoms with van der Waals surface area (Å²) in [5, 5.41) is 3.67. The molecule has 152 valence electrons. The van der Waals surface area contributed by atoms with Gasteiger partial charge in [-0.25, -0.2) is 4.98 Å². The summed E-state index contributed by atoms with van der Waals surface area (Å²) in [6.45, 7) is 0. The van der Waals surface area contributed by atoms with Gasteiger partial charge >= 0.3 is 0 Å². The van der Waals surface area contributed by atoms with Crippen molar-refractivity contribution >= 4 is 23.4 Å². The smallest absolute Gasteiger partial charge is 0.257 e. The average molecular weight is 420 g/mol. The molecule has 1 N–H and O–H groups in total. The Hall–Kier alpha value is -3.06. The van der Waals surface area contributed by atoms with Crippen LogP contribution in [0.1, 0.15) is 30.1 Å². The van der Waals surface area contributed by atoms with E-state index < -0.39 is 0 Å². The Bertz CT molecular complexity index is 1140. The van der Waals surface area contributed by atoms with Crippen molar-refractivity contribution in [1.82, 2.24) is 9.55 Å². The van der Waals surface area contributed by atoms with Gasteiger partial charge in [0.25, 0.3) is 5.56 Å². The van der Waals surface area contributed by atoms with Gasteiger partial charge in [-0.15, -0.1) is 0 Å². The summed E-state index contributed by atoms with van der Waals surface area (Å²) < 4.78 is 7.50. The van der Waals surface area contributed by atoms with Crippen molar-refractivity contribution in [1.29, 1.82) is 0 Å². The van der Waals surface area contributed by atoms with Crippen LogP contribution in [-0.2, 0) is 17.6 Å². The minimum atomic E-state index is -0.156. The SMILES string of the molecule is O=C(C[C@@H]1CSc2nc3c(c(=O)n21)CCC3)Nc1ccc(Oc2ccccc2)cc1. The predicted molar refractivity (Wildman–Crippen MR) is 116 cm³/mol. The van der Waals surface area contributed by atoms with E-state index in [0.717, 1.165) is 41.4 Å².